The van der Waals surface area contributed by atoms with Crippen molar-refractivity contribution in [1.29, 1.82) is 0 Å². The smallest absolute Gasteiger partial charge is 0.343 e. The summed E-state index contributed by atoms with van der Waals surface area (Å²) in [4.78, 5) is 22.4. The van der Waals surface area contributed by atoms with Crippen LogP contribution in [0.3, 0.4) is 0 Å². The van der Waals surface area contributed by atoms with Crippen LogP contribution in [0.4, 0.5) is 0 Å². The minimum Gasteiger partial charge on any atom is -0.494 e. The maximum absolute atomic E-state index is 11.4. The van der Waals surface area contributed by atoms with Crippen molar-refractivity contribution in [3.05, 3.63) is 40.2 Å². The van der Waals surface area contributed by atoms with Crippen LogP contribution in [0.2, 0.25) is 0 Å². The summed E-state index contributed by atoms with van der Waals surface area (Å²) in [6.07, 6.45) is 0.913. The van der Waals surface area contributed by atoms with Gasteiger partial charge in [-0.2, -0.15) is 0 Å². The summed E-state index contributed by atoms with van der Waals surface area (Å²) in [5.74, 6) is -0.552. The molecule has 100 valence electrons. The van der Waals surface area contributed by atoms with Crippen molar-refractivity contribution < 1.29 is 14.6 Å². The summed E-state index contributed by atoms with van der Waals surface area (Å²) in [5, 5.41) is 13.9. The zero-order valence-corrected chi connectivity index (χ0v) is 10.4. The number of hydrogen-bond donors (Lipinski definition) is 3. The second-order valence-corrected chi connectivity index (χ2v) is 4.01. The van der Waals surface area contributed by atoms with Crippen molar-refractivity contribution in [2.45, 2.75) is 13.3 Å². The van der Waals surface area contributed by atoms with Gasteiger partial charge < -0.3 is 9.84 Å². The number of benzene rings is 1. The average Bonchev–Trinajstić information content (AvgIpc) is 2.79. The second-order valence-electron chi connectivity index (χ2n) is 4.01. The molecule has 0 aliphatic carbocycles. The lowest BCUT2D eigenvalue weighted by atomic mass is 10.1. The predicted octanol–water partition coefficient (Wildman–Crippen LogP) is 1.86. The summed E-state index contributed by atoms with van der Waals surface area (Å²) >= 11 is 0. The van der Waals surface area contributed by atoms with Gasteiger partial charge >= 0.3 is 5.97 Å². The molecule has 1 heterocycles. The lowest BCUT2D eigenvalue weighted by Crippen LogP contribution is -2.12. The van der Waals surface area contributed by atoms with E-state index in [1.165, 1.54) is 0 Å². The van der Waals surface area contributed by atoms with Crippen LogP contribution in [0.15, 0.2) is 29.1 Å². The number of H-pyrrole nitrogens is 2. The van der Waals surface area contributed by atoms with Gasteiger partial charge in [0.05, 0.1) is 12.3 Å². The standard InChI is InChI=1S/C13H14N2O4/c1-2-7-19-9-5-3-8(4-6-9)11-10(13(17)18)12(16)15-14-11/h3-6H,2,7H2,1H3,(H,17,18)(H2,14,15,16). The van der Waals surface area contributed by atoms with Crippen molar-refractivity contribution in [2.75, 3.05) is 6.61 Å². The van der Waals surface area contributed by atoms with E-state index in [1.807, 2.05) is 6.92 Å². The first kappa shape index (κ1) is 12.9. The SMILES string of the molecule is CCCOc1ccc(-c2[nH][nH]c(=O)c2C(=O)O)cc1. The maximum Gasteiger partial charge on any atom is 0.343 e. The van der Waals surface area contributed by atoms with E-state index in [0.717, 1.165) is 6.42 Å². The van der Waals surface area contributed by atoms with E-state index < -0.39 is 11.5 Å². The second kappa shape index (κ2) is 5.43. The number of ether oxygens (including phenoxy) is 1. The summed E-state index contributed by atoms with van der Waals surface area (Å²) < 4.78 is 5.43. The summed E-state index contributed by atoms with van der Waals surface area (Å²) in [5.41, 5.74) is -0.0600. The highest BCUT2D eigenvalue weighted by Crippen LogP contribution is 2.22. The molecule has 0 amide bonds. The Kier molecular flexibility index (Phi) is 3.70. The molecule has 0 saturated carbocycles. The van der Waals surface area contributed by atoms with E-state index in [-0.39, 0.29) is 11.3 Å². The van der Waals surface area contributed by atoms with Crippen LogP contribution < -0.4 is 10.3 Å². The first-order valence-corrected chi connectivity index (χ1v) is 5.90. The third kappa shape index (κ3) is 2.67. The van der Waals surface area contributed by atoms with Crippen LogP contribution in [0, 0.1) is 0 Å². The molecule has 0 fully saturated rings. The Morgan fingerprint density at radius 2 is 1.95 bits per heavy atom. The van der Waals surface area contributed by atoms with E-state index >= 15 is 0 Å². The maximum atomic E-state index is 11.4. The molecule has 0 saturated heterocycles. The van der Waals surface area contributed by atoms with Crippen LogP contribution in [0.5, 0.6) is 5.75 Å². The molecule has 0 aliphatic rings. The fraction of sp³-hybridized carbons (Fsp3) is 0.231. The molecule has 0 radical (unpaired) electrons. The molecule has 6 heteroatoms. The van der Waals surface area contributed by atoms with Gasteiger partial charge in [-0.3, -0.25) is 15.0 Å². The number of carboxylic acid groups (broad SMARTS) is 1. The molecule has 6 nitrogen and oxygen atoms in total. The molecule has 0 spiro atoms. The van der Waals surface area contributed by atoms with Crippen molar-refractivity contribution in [3.63, 3.8) is 0 Å². The van der Waals surface area contributed by atoms with Crippen LogP contribution in [-0.4, -0.2) is 27.9 Å². The molecule has 0 unspecified atom stereocenters. The van der Waals surface area contributed by atoms with Crippen LogP contribution in [0.1, 0.15) is 23.7 Å². The molecule has 1 aromatic carbocycles. The van der Waals surface area contributed by atoms with E-state index in [9.17, 15) is 9.59 Å². The summed E-state index contributed by atoms with van der Waals surface area (Å²) in [6.45, 7) is 2.64. The minimum absolute atomic E-state index is 0.263. The lowest BCUT2D eigenvalue weighted by molar-refractivity contribution is 0.0696. The van der Waals surface area contributed by atoms with Gasteiger partial charge in [0.15, 0.2) is 5.56 Å². The van der Waals surface area contributed by atoms with Crippen LogP contribution in [0.25, 0.3) is 11.3 Å². The predicted molar refractivity (Wildman–Crippen MR) is 69.6 cm³/mol. The quantitative estimate of drug-likeness (QED) is 0.766. The van der Waals surface area contributed by atoms with Gasteiger partial charge in [0, 0.05) is 5.56 Å². The Hall–Kier alpha value is -2.50. The molecule has 2 aromatic rings. The van der Waals surface area contributed by atoms with Gasteiger partial charge in [-0.25, -0.2) is 4.79 Å². The number of aromatic amines is 2. The number of rotatable bonds is 5. The number of hydrogen-bond acceptors (Lipinski definition) is 3. The minimum atomic E-state index is -1.26. The number of aromatic nitrogens is 2. The van der Waals surface area contributed by atoms with Crippen LogP contribution in [-0.2, 0) is 0 Å². The normalized spacial score (nSPS) is 10.4. The molecule has 2 rings (SSSR count). The van der Waals surface area contributed by atoms with E-state index in [4.69, 9.17) is 9.84 Å². The Labute approximate surface area is 109 Å². The van der Waals surface area contributed by atoms with Crippen molar-refractivity contribution in [1.82, 2.24) is 10.2 Å². The molecule has 1 aromatic heterocycles. The first-order valence-electron chi connectivity index (χ1n) is 5.90. The van der Waals surface area contributed by atoms with Gasteiger partial charge in [-0.05, 0) is 30.7 Å². The highest BCUT2D eigenvalue weighted by Gasteiger charge is 2.18. The lowest BCUT2D eigenvalue weighted by Gasteiger charge is -2.05. The largest absolute Gasteiger partial charge is 0.494 e. The molecule has 0 bridgehead atoms. The highest BCUT2D eigenvalue weighted by atomic mass is 16.5. The van der Waals surface area contributed by atoms with Crippen molar-refractivity contribution in [3.8, 4) is 17.0 Å². The average molecular weight is 262 g/mol. The summed E-state index contributed by atoms with van der Waals surface area (Å²) in [6, 6.07) is 6.89. The Morgan fingerprint density at radius 1 is 1.26 bits per heavy atom. The Balaban J connectivity index is 2.32. The molecular formula is C13H14N2O4. The van der Waals surface area contributed by atoms with Gasteiger partial charge in [-0.1, -0.05) is 6.92 Å². The van der Waals surface area contributed by atoms with Crippen molar-refractivity contribution >= 4 is 5.97 Å². The fourth-order valence-electron chi connectivity index (χ4n) is 1.72. The number of carboxylic acids is 1. The van der Waals surface area contributed by atoms with E-state index in [1.54, 1.807) is 24.3 Å². The van der Waals surface area contributed by atoms with Gasteiger partial charge in [0.1, 0.15) is 5.75 Å². The van der Waals surface area contributed by atoms with Crippen molar-refractivity contribution in [2.24, 2.45) is 0 Å². The molecule has 3 N–H and O–H groups in total. The third-order valence-electron chi connectivity index (χ3n) is 2.61. The Bertz CT molecular complexity index is 625. The number of carbonyl (C=O) groups is 1. The highest BCUT2D eigenvalue weighted by molar-refractivity contribution is 5.94. The first-order chi connectivity index (χ1) is 9.13. The topological polar surface area (TPSA) is 95.2 Å². The zero-order chi connectivity index (χ0) is 13.8. The van der Waals surface area contributed by atoms with Gasteiger partial charge in [0.2, 0.25) is 0 Å². The fourth-order valence-corrected chi connectivity index (χ4v) is 1.72. The van der Waals surface area contributed by atoms with Gasteiger partial charge in [-0.15, -0.1) is 0 Å². The third-order valence-corrected chi connectivity index (χ3v) is 2.61. The summed E-state index contributed by atoms with van der Waals surface area (Å²) in [7, 11) is 0. The van der Waals surface area contributed by atoms with E-state index in [0.29, 0.717) is 17.9 Å². The number of nitrogens with one attached hydrogen (secondary N) is 2. The molecular weight excluding hydrogens is 248 g/mol. The van der Waals surface area contributed by atoms with Crippen LogP contribution >= 0.6 is 0 Å². The molecule has 19 heavy (non-hydrogen) atoms. The number of aromatic carboxylic acids is 1. The van der Waals surface area contributed by atoms with E-state index in [2.05, 4.69) is 10.2 Å². The van der Waals surface area contributed by atoms with Gasteiger partial charge in [0.25, 0.3) is 5.56 Å². The molecule has 0 atom stereocenters. The monoisotopic (exact) mass is 262 g/mol. The zero-order valence-electron chi connectivity index (χ0n) is 10.4. The Morgan fingerprint density at radius 3 is 2.53 bits per heavy atom. The molecule has 0 aliphatic heterocycles.